The minimum atomic E-state index is -0.446. The maximum atomic E-state index is 12.6. The van der Waals surface area contributed by atoms with Crippen LogP contribution in [0.5, 0.6) is 0 Å². The quantitative estimate of drug-likeness (QED) is 0.712. The molecule has 0 fully saturated rings. The molecule has 6 heteroatoms. The summed E-state index contributed by atoms with van der Waals surface area (Å²) in [4.78, 5) is 29.3. The zero-order chi connectivity index (χ0) is 18.0. The number of hydrogen-bond acceptors (Lipinski definition) is 5. The fourth-order valence-electron chi connectivity index (χ4n) is 2.62. The van der Waals surface area contributed by atoms with Crippen molar-refractivity contribution in [3.63, 3.8) is 0 Å². The molecule has 1 amide bonds. The van der Waals surface area contributed by atoms with Gasteiger partial charge in [-0.3, -0.25) is 9.78 Å². The summed E-state index contributed by atoms with van der Waals surface area (Å²) in [6.45, 7) is 5.31. The van der Waals surface area contributed by atoms with E-state index in [-0.39, 0.29) is 12.5 Å². The first-order valence-electron chi connectivity index (χ1n) is 7.84. The van der Waals surface area contributed by atoms with Crippen molar-refractivity contribution in [3.8, 4) is 0 Å². The summed E-state index contributed by atoms with van der Waals surface area (Å²) in [5.74, 6) is -0.660. The van der Waals surface area contributed by atoms with Gasteiger partial charge in [0.25, 0.3) is 0 Å². The normalized spacial score (nSPS) is 10.7. The summed E-state index contributed by atoms with van der Waals surface area (Å²) in [6.07, 6.45) is 1.72. The van der Waals surface area contributed by atoms with Crippen LogP contribution in [-0.4, -0.2) is 16.9 Å². The molecule has 2 heterocycles. The number of hydrogen-bond donors (Lipinski definition) is 1. The molecule has 0 saturated carbocycles. The van der Waals surface area contributed by atoms with Gasteiger partial charge < -0.3 is 10.1 Å². The summed E-state index contributed by atoms with van der Waals surface area (Å²) in [7, 11) is 0. The number of para-hydroxylation sites is 1. The molecule has 0 radical (unpaired) electrons. The van der Waals surface area contributed by atoms with Gasteiger partial charge in [-0.25, -0.2) is 4.79 Å². The van der Waals surface area contributed by atoms with E-state index in [0.717, 1.165) is 26.9 Å². The number of carbonyl (C=O) groups excluding carboxylic acids is 2. The summed E-state index contributed by atoms with van der Waals surface area (Å²) >= 11 is 1.38. The number of nitrogens with one attached hydrogen (secondary N) is 1. The van der Waals surface area contributed by atoms with E-state index in [1.807, 2.05) is 44.2 Å². The number of aryl methyl sites for hydroxylation is 1. The van der Waals surface area contributed by atoms with Gasteiger partial charge in [-0.2, -0.15) is 0 Å². The smallest absolute Gasteiger partial charge is 0.341 e. The SMILES string of the molecule is CC(=O)Nc1sc(C)c(C)c1C(=O)OCc1cccc2cccnc12. The summed E-state index contributed by atoms with van der Waals surface area (Å²) in [5.41, 5.74) is 2.91. The van der Waals surface area contributed by atoms with Crippen LogP contribution in [0.2, 0.25) is 0 Å². The molecule has 0 aliphatic heterocycles. The van der Waals surface area contributed by atoms with Crippen molar-refractivity contribution >= 4 is 39.1 Å². The second-order valence-electron chi connectivity index (χ2n) is 5.74. The molecule has 0 atom stereocenters. The molecule has 0 aliphatic carbocycles. The lowest BCUT2D eigenvalue weighted by Crippen LogP contribution is -2.12. The van der Waals surface area contributed by atoms with Crippen LogP contribution in [0.25, 0.3) is 10.9 Å². The van der Waals surface area contributed by atoms with Crippen LogP contribution in [0.15, 0.2) is 36.5 Å². The highest BCUT2D eigenvalue weighted by atomic mass is 32.1. The topological polar surface area (TPSA) is 68.3 Å². The zero-order valence-electron chi connectivity index (χ0n) is 14.3. The average molecular weight is 354 g/mol. The van der Waals surface area contributed by atoms with E-state index in [2.05, 4.69) is 10.3 Å². The van der Waals surface area contributed by atoms with Gasteiger partial charge in [0.1, 0.15) is 11.6 Å². The van der Waals surface area contributed by atoms with Crippen molar-refractivity contribution < 1.29 is 14.3 Å². The van der Waals surface area contributed by atoms with Crippen molar-refractivity contribution in [3.05, 3.63) is 58.1 Å². The van der Waals surface area contributed by atoms with Crippen LogP contribution < -0.4 is 5.32 Å². The largest absolute Gasteiger partial charge is 0.457 e. The third-order valence-electron chi connectivity index (χ3n) is 3.95. The van der Waals surface area contributed by atoms with Crippen LogP contribution in [-0.2, 0) is 16.1 Å². The Labute approximate surface area is 149 Å². The van der Waals surface area contributed by atoms with E-state index in [0.29, 0.717) is 10.6 Å². The first-order chi connectivity index (χ1) is 12.0. The van der Waals surface area contributed by atoms with Crippen LogP contribution >= 0.6 is 11.3 Å². The Morgan fingerprint density at radius 1 is 1.20 bits per heavy atom. The molecule has 0 unspecified atom stereocenters. The lowest BCUT2D eigenvalue weighted by atomic mass is 10.1. The molecule has 128 valence electrons. The monoisotopic (exact) mass is 354 g/mol. The molecule has 0 spiro atoms. The molecule has 3 aromatic rings. The third kappa shape index (κ3) is 3.53. The van der Waals surface area contributed by atoms with E-state index >= 15 is 0 Å². The summed E-state index contributed by atoms with van der Waals surface area (Å²) in [6, 6.07) is 9.61. The fourth-order valence-corrected chi connectivity index (χ4v) is 3.71. The number of fused-ring (bicyclic) bond motifs is 1. The number of esters is 1. The Bertz CT molecular complexity index is 957. The number of carbonyl (C=O) groups is 2. The van der Waals surface area contributed by atoms with Crippen molar-refractivity contribution in [1.29, 1.82) is 0 Å². The fraction of sp³-hybridized carbons (Fsp3) is 0.211. The molecule has 0 saturated heterocycles. The molecule has 0 aliphatic rings. The lowest BCUT2D eigenvalue weighted by molar-refractivity contribution is -0.114. The van der Waals surface area contributed by atoms with Crippen LogP contribution in [0.3, 0.4) is 0 Å². The highest BCUT2D eigenvalue weighted by molar-refractivity contribution is 7.16. The minimum Gasteiger partial charge on any atom is -0.457 e. The van der Waals surface area contributed by atoms with Crippen molar-refractivity contribution in [2.45, 2.75) is 27.4 Å². The van der Waals surface area contributed by atoms with Crippen molar-refractivity contribution in [2.24, 2.45) is 0 Å². The van der Waals surface area contributed by atoms with Gasteiger partial charge in [0.05, 0.1) is 11.1 Å². The van der Waals surface area contributed by atoms with Gasteiger partial charge in [-0.15, -0.1) is 11.3 Å². The molecule has 1 aromatic carbocycles. The third-order valence-corrected chi connectivity index (χ3v) is 5.08. The number of anilines is 1. The van der Waals surface area contributed by atoms with Gasteiger partial charge in [-0.05, 0) is 25.5 Å². The first-order valence-corrected chi connectivity index (χ1v) is 8.66. The van der Waals surface area contributed by atoms with Gasteiger partial charge in [-0.1, -0.05) is 24.3 Å². The zero-order valence-corrected chi connectivity index (χ0v) is 15.1. The van der Waals surface area contributed by atoms with E-state index in [9.17, 15) is 9.59 Å². The van der Waals surface area contributed by atoms with Crippen molar-refractivity contribution in [1.82, 2.24) is 4.98 Å². The number of thiophene rings is 1. The number of amides is 1. The highest BCUT2D eigenvalue weighted by Crippen LogP contribution is 2.33. The first kappa shape index (κ1) is 17.1. The van der Waals surface area contributed by atoms with Crippen molar-refractivity contribution in [2.75, 3.05) is 5.32 Å². The van der Waals surface area contributed by atoms with E-state index in [1.165, 1.54) is 18.3 Å². The van der Waals surface area contributed by atoms with Crippen LogP contribution in [0, 0.1) is 13.8 Å². The molecule has 0 bridgehead atoms. The molecule has 3 rings (SSSR count). The van der Waals surface area contributed by atoms with Crippen LogP contribution in [0.1, 0.15) is 33.3 Å². The number of rotatable bonds is 4. The van der Waals surface area contributed by atoms with Crippen LogP contribution in [0.4, 0.5) is 5.00 Å². The Kier molecular flexibility index (Phi) is 4.81. The Morgan fingerprint density at radius 3 is 2.72 bits per heavy atom. The number of aromatic nitrogens is 1. The molecule has 2 aromatic heterocycles. The minimum absolute atomic E-state index is 0.126. The number of nitrogens with zero attached hydrogens (tertiary/aromatic N) is 1. The predicted octanol–water partition coefficient (Wildman–Crippen LogP) is 4.23. The number of pyridine rings is 1. The molecule has 25 heavy (non-hydrogen) atoms. The second-order valence-corrected chi connectivity index (χ2v) is 6.96. The highest BCUT2D eigenvalue weighted by Gasteiger charge is 2.22. The van der Waals surface area contributed by atoms with Gasteiger partial charge in [0.15, 0.2) is 0 Å². The maximum absolute atomic E-state index is 12.6. The second kappa shape index (κ2) is 7.03. The Hall–Kier alpha value is -2.73. The van der Waals surface area contributed by atoms with Gasteiger partial charge in [0.2, 0.25) is 5.91 Å². The van der Waals surface area contributed by atoms with E-state index in [4.69, 9.17) is 4.74 Å². The van der Waals surface area contributed by atoms with Gasteiger partial charge >= 0.3 is 5.97 Å². The van der Waals surface area contributed by atoms with Gasteiger partial charge in [0, 0.05) is 28.9 Å². The molecular weight excluding hydrogens is 336 g/mol. The maximum Gasteiger partial charge on any atom is 0.341 e. The van der Waals surface area contributed by atoms with E-state index in [1.54, 1.807) is 6.20 Å². The Balaban J connectivity index is 1.84. The van der Waals surface area contributed by atoms with E-state index < -0.39 is 5.97 Å². The standard InChI is InChI=1S/C19H18N2O3S/c1-11-12(2)25-18(21-13(3)22)16(11)19(23)24-10-15-7-4-6-14-8-5-9-20-17(14)15/h4-9H,10H2,1-3H3,(H,21,22). The summed E-state index contributed by atoms with van der Waals surface area (Å²) in [5, 5.41) is 4.24. The summed E-state index contributed by atoms with van der Waals surface area (Å²) < 4.78 is 5.52. The molecular formula is C19H18N2O3S. The number of ether oxygens (including phenoxy) is 1. The predicted molar refractivity (Wildman–Crippen MR) is 99.0 cm³/mol. The lowest BCUT2D eigenvalue weighted by Gasteiger charge is -2.09. The number of benzene rings is 1. The Morgan fingerprint density at radius 2 is 1.96 bits per heavy atom. The molecule has 1 N–H and O–H groups in total. The average Bonchev–Trinajstić information content (AvgIpc) is 2.86. The molecule has 5 nitrogen and oxygen atoms in total.